The SMILES string of the molecule is CCOc1cc(/C=C/C(=O)OCCCCCCOC(=O)C(C)(C)CC)ccc1-c1ccc(OC)cc1. The van der Waals surface area contributed by atoms with Gasteiger partial charge in [0.25, 0.3) is 0 Å². The Morgan fingerprint density at radius 2 is 1.56 bits per heavy atom. The number of hydrogen-bond acceptors (Lipinski definition) is 6. The molecule has 0 saturated carbocycles. The summed E-state index contributed by atoms with van der Waals surface area (Å²) < 4.78 is 21.7. The summed E-state index contributed by atoms with van der Waals surface area (Å²) in [6.45, 7) is 9.06. The molecule has 0 bridgehead atoms. The second-order valence-electron chi connectivity index (χ2n) is 9.21. The summed E-state index contributed by atoms with van der Waals surface area (Å²) in [7, 11) is 1.64. The first-order valence-corrected chi connectivity index (χ1v) is 12.7. The zero-order valence-corrected chi connectivity index (χ0v) is 22.3. The van der Waals surface area contributed by atoms with E-state index in [1.54, 1.807) is 13.2 Å². The van der Waals surface area contributed by atoms with Crippen molar-refractivity contribution in [3.8, 4) is 22.6 Å². The van der Waals surface area contributed by atoms with Gasteiger partial charge in [0.05, 0.1) is 32.3 Å². The van der Waals surface area contributed by atoms with E-state index in [0.717, 1.165) is 60.3 Å². The topological polar surface area (TPSA) is 71.1 Å². The van der Waals surface area contributed by atoms with Crippen LogP contribution in [0, 0.1) is 5.41 Å². The Morgan fingerprint density at radius 3 is 2.17 bits per heavy atom. The van der Waals surface area contributed by atoms with Gasteiger partial charge in [0.2, 0.25) is 0 Å². The van der Waals surface area contributed by atoms with E-state index in [1.807, 2.05) is 70.2 Å². The van der Waals surface area contributed by atoms with Crippen molar-refractivity contribution >= 4 is 18.0 Å². The molecule has 0 amide bonds. The molecule has 0 radical (unpaired) electrons. The van der Waals surface area contributed by atoms with Gasteiger partial charge in [0, 0.05) is 11.6 Å². The maximum absolute atomic E-state index is 12.1. The monoisotopic (exact) mass is 496 g/mol. The Bertz CT molecular complexity index is 991. The van der Waals surface area contributed by atoms with Crippen molar-refractivity contribution in [2.45, 2.75) is 59.8 Å². The summed E-state index contributed by atoms with van der Waals surface area (Å²) in [5.41, 5.74) is 2.43. The molecule has 0 unspecified atom stereocenters. The first-order valence-electron chi connectivity index (χ1n) is 12.7. The van der Waals surface area contributed by atoms with Gasteiger partial charge in [0.15, 0.2) is 0 Å². The minimum atomic E-state index is -0.426. The zero-order chi connectivity index (χ0) is 26.4. The Morgan fingerprint density at radius 1 is 0.889 bits per heavy atom. The van der Waals surface area contributed by atoms with Crippen LogP contribution in [-0.4, -0.2) is 38.9 Å². The number of ether oxygens (including phenoxy) is 4. The summed E-state index contributed by atoms with van der Waals surface area (Å²) in [6, 6.07) is 13.7. The second-order valence-corrected chi connectivity index (χ2v) is 9.21. The van der Waals surface area contributed by atoms with Crippen LogP contribution >= 0.6 is 0 Å². The molecule has 0 saturated heterocycles. The van der Waals surface area contributed by atoms with Crippen LogP contribution in [0.1, 0.15) is 65.4 Å². The van der Waals surface area contributed by atoms with Crippen molar-refractivity contribution in [1.29, 1.82) is 0 Å². The molecule has 0 aliphatic rings. The number of rotatable bonds is 15. The van der Waals surface area contributed by atoms with E-state index >= 15 is 0 Å². The van der Waals surface area contributed by atoms with Crippen molar-refractivity contribution < 1.29 is 28.5 Å². The molecular weight excluding hydrogens is 456 g/mol. The smallest absolute Gasteiger partial charge is 0.330 e. The van der Waals surface area contributed by atoms with Crippen LogP contribution in [0.3, 0.4) is 0 Å². The standard InChI is InChI=1S/C30H40O6/c1-6-30(3,4)29(32)36-21-11-9-8-10-20-35-28(31)19-13-23-12-18-26(27(22-23)34-7-2)24-14-16-25(33-5)17-15-24/h12-19,22H,6-11,20-21H2,1-5H3/b19-13+. The van der Waals surface area contributed by atoms with Crippen LogP contribution in [0.4, 0.5) is 0 Å². The van der Waals surface area contributed by atoms with Crippen LogP contribution in [-0.2, 0) is 19.1 Å². The molecule has 0 spiro atoms. The third kappa shape index (κ3) is 9.40. The lowest BCUT2D eigenvalue weighted by Gasteiger charge is -2.20. The average molecular weight is 497 g/mol. The van der Waals surface area contributed by atoms with Crippen LogP contribution in [0.25, 0.3) is 17.2 Å². The second kappa shape index (κ2) is 15.0. The molecule has 36 heavy (non-hydrogen) atoms. The highest BCUT2D eigenvalue weighted by molar-refractivity contribution is 5.87. The Labute approximate surface area is 215 Å². The minimum Gasteiger partial charge on any atom is -0.497 e. The number of carbonyl (C=O) groups is 2. The molecule has 2 aromatic rings. The van der Waals surface area contributed by atoms with E-state index in [1.165, 1.54) is 6.08 Å². The third-order valence-corrected chi connectivity index (χ3v) is 6.07. The first-order chi connectivity index (χ1) is 17.3. The molecule has 196 valence electrons. The maximum Gasteiger partial charge on any atom is 0.330 e. The lowest BCUT2D eigenvalue weighted by Crippen LogP contribution is -2.26. The molecule has 0 aliphatic heterocycles. The highest BCUT2D eigenvalue weighted by Gasteiger charge is 2.26. The molecule has 2 aromatic carbocycles. The van der Waals surface area contributed by atoms with Gasteiger partial charge in [-0.2, -0.15) is 0 Å². The van der Waals surface area contributed by atoms with Gasteiger partial charge in [-0.1, -0.05) is 31.2 Å². The molecule has 2 rings (SSSR count). The van der Waals surface area contributed by atoms with Gasteiger partial charge in [-0.15, -0.1) is 0 Å². The maximum atomic E-state index is 12.1. The Kier molecular flexibility index (Phi) is 12.0. The predicted octanol–water partition coefficient (Wildman–Crippen LogP) is 6.86. The van der Waals surface area contributed by atoms with Crippen molar-refractivity contribution in [1.82, 2.24) is 0 Å². The highest BCUT2D eigenvalue weighted by atomic mass is 16.5. The molecule has 0 heterocycles. The third-order valence-electron chi connectivity index (χ3n) is 6.07. The zero-order valence-electron chi connectivity index (χ0n) is 22.3. The van der Waals surface area contributed by atoms with Gasteiger partial charge < -0.3 is 18.9 Å². The molecule has 0 atom stereocenters. The summed E-state index contributed by atoms with van der Waals surface area (Å²) in [5, 5.41) is 0. The van der Waals surface area contributed by atoms with Crippen molar-refractivity contribution in [2.24, 2.45) is 5.41 Å². The van der Waals surface area contributed by atoms with Gasteiger partial charge in [-0.25, -0.2) is 4.79 Å². The van der Waals surface area contributed by atoms with Gasteiger partial charge in [-0.05, 0) is 88.3 Å². The van der Waals surface area contributed by atoms with Crippen LogP contribution < -0.4 is 9.47 Å². The first kappa shape index (κ1) is 29.0. The summed E-state index contributed by atoms with van der Waals surface area (Å²) in [4.78, 5) is 24.0. The Balaban J connectivity index is 1.75. The molecule has 6 heteroatoms. The van der Waals surface area contributed by atoms with E-state index in [9.17, 15) is 9.59 Å². The van der Waals surface area contributed by atoms with Gasteiger partial charge in [0.1, 0.15) is 11.5 Å². The van der Waals surface area contributed by atoms with Crippen molar-refractivity contribution in [3.05, 3.63) is 54.1 Å². The van der Waals surface area contributed by atoms with E-state index < -0.39 is 5.41 Å². The molecule has 0 fully saturated rings. The number of unbranched alkanes of at least 4 members (excludes halogenated alkanes) is 3. The number of hydrogen-bond donors (Lipinski definition) is 0. The minimum absolute atomic E-state index is 0.144. The number of esters is 2. The van der Waals surface area contributed by atoms with Crippen molar-refractivity contribution in [3.63, 3.8) is 0 Å². The lowest BCUT2D eigenvalue weighted by molar-refractivity contribution is -0.154. The van der Waals surface area contributed by atoms with Crippen molar-refractivity contribution in [2.75, 3.05) is 26.9 Å². The fraction of sp³-hybridized carbons (Fsp3) is 0.467. The normalized spacial score (nSPS) is 11.4. The summed E-state index contributed by atoms with van der Waals surface area (Å²) in [6.07, 6.45) is 7.35. The van der Waals surface area contributed by atoms with Crippen LogP contribution in [0.15, 0.2) is 48.5 Å². The largest absolute Gasteiger partial charge is 0.497 e. The fourth-order valence-electron chi connectivity index (χ4n) is 3.37. The molecular formula is C30H40O6. The number of methoxy groups -OCH3 is 1. The van der Waals surface area contributed by atoms with Crippen LogP contribution in [0.2, 0.25) is 0 Å². The lowest BCUT2D eigenvalue weighted by atomic mass is 9.91. The number of carbonyl (C=O) groups excluding carboxylic acids is 2. The highest BCUT2D eigenvalue weighted by Crippen LogP contribution is 2.32. The molecule has 0 aromatic heterocycles. The van der Waals surface area contributed by atoms with E-state index in [2.05, 4.69) is 0 Å². The number of benzene rings is 2. The molecule has 0 N–H and O–H groups in total. The van der Waals surface area contributed by atoms with E-state index in [4.69, 9.17) is 18.9 Å². The summed E-state index contributed by atoms with van der Waals surface area (Å²) >= 11 is 0. The fourth-order valence-corrected chi connectivity index (χ4v) is 3.37. The van der Waals surface area contributed by atoms with Crippen LogP contribution in [0.5, 0.6) is 11.5 Å². The van der Waals surface area contributed by atoms with Gasteiger partial charge >= 0.3 is 11.9 Å². The Hall–Kier alpha value is -3.28. The van der Waals surface area contributed by atoms with Gasteiger partial charge in [-0.3, -0.25) is 4.79 Å². The van der Waals surface area contributed by atoms with E-state index in [-0.39, 0.29) is 11.9 Å². The summed E-state index contributed by atoms with van der Waals surface area (Å²) in [5.74, 6) is 1.03. The van der Waals surface area contributed by atoms with E-state index in [0.29, 0.717) is 19.8 Å². The molecule has 0 aliphatic carbocycles. The average Bonchev–Trinajstić information content (AvgIpc) is 2.89. The predicted molar refractivity (Wildman–Crippen MR) is 143 cm³/mol. The quantitative estimate of drug-likeness (QED) is 0.152. The molecule has 6 nitrogen and oxygen atoms in total.